The van der Waals surface area contributed by atoms with Gasteiger partial charge in [-0.05, 0) is 45.3 Å². The van der Waals surface area contributed by atoms with Crippen LogP contribution < -0.4 is 19.1 Å². The Kier molecular flexibility index (Phi) is 6.98. The lowest BCUT2D eigenvalue weighted by Crippen LogP contribution is -2.35. The molecule has 0 unspecified atom stereocenters. The summed E-state index contributed by atoms with van der Waals surface area (Å²) >= 11 is 1.66. The summed E-state index contributed by atoms with van der Waals surface area (Å²) in [6.45, 7) is 3.08. The number of hydrogen-bond donors (Lipinski definition) is 1. The molecule has 0 radical (unpaired) electrons. The molecule has 1 fully saturated rings. The van der Waals surface area contributed by atoms with Crippen molar-refractivity contribution in [1.29, 1.82) is 0 Å². The lowest BCUT2D eigenvalue weighted by atomic mass is 9.93. The molecule has 0 aliphatic carbocycles. The summed E-state index contributed by atoms with van der Waals surface area (Å²) in [5.74, 6) is 3.15. The third-order valence-electron chi connectivity index (χ3n) is 4.94. The predicted octanol–water partition coefficient (Wildman–Crippen LogP) is 2.97. The van der Waals surface area contributed by atoms with Crippen molar-refractivity contribution in [2.75, 3.05) is 52.8 Å². The van der Waals surface area contributed by atoms with Crippen molar-refractivity contribution in [3.05, 3.63) is 18.5 Å². The molecular formula is C19H29N5O2S. The fourth-order valence-corrected chi connectivity index (χ4v) is 3.96. The Balaban J connectivity index is 1.66. The largest absolute Gasteiger partial charge is 0.493 e. The highest BCUT2D eigenvalue weighted by Gasteiger charge is 2.22. The van der Waals surface area contributed by atoms with Crippen LogP contribution in [0, 0.1) is 5.92 Å². The van der Waals surface area contributed by atoms with Gasteiger partial charge in [-0.3, -0.25) is 4.72 Å². The van der Waals surface area contributed by atoms with Crippen LogP contribution in [0.4, 0.5) is 5.82 Å². The van der Waals surface area contributed by atoms with Gasteiger partial charge < -0.3 is 14.4 Å². The van der Waals surface area contributed by atoms with Gasteiger partial charge in [0.25, 0.3) is 0 Å². The molecular weight excluding hydrogens is 362 g/mol. The minimum atomic E-state index is 0.691. The van der Waals surface area contributed by atoms with Gasteiger partial charge in [0.15, 0.2) is 11.5 Å². The molecule has 0 spiro atoms. The molecule has 0 saturated carbocycles. The number of fused-ring (bicyclic) bond motifs is 1. The predicted molar refractivity (Wildman–Crippen MR) is 111 cm³/mol. The summed E-state index contributed by atoms with van der Waals surface area (Å²) in [6.07, 6.45) is 5.22. The highest BCUT2D eigenvalue weighted by molar-refractivity contribution is 7.95. The zero-order chi connectivity index (χ0) is 19.2. The first-order valence-corrected chi connectivity index (χ1v) is 10.1. The van der Waals surface area contributed by atoms with E-state index >= 15 is 0 Å². The van der Waals surface area contributed by atoms with Crippen molar-refractivity contribution >= 4 is 28.9 Å². The Bertz CT molecular complexity index is 750. The zero-order valence-electron chi connectivity index (χ0n) is 16.6. The molecule has 7 nitrogen and oxygen atoms in total. The van der Waals surface area contributed by atoms with Gasteiger partial charge in [0.1, 0.15) is 12.1 Å². The molecule has 1 aromatic heterocycles. The van der Waals surface area contributed by atoms with Crippen LogP contribution in [-0.4, -0.2) is 62.2 Å². The number of nitrogens with one attached hydrogen (secondary N) is 1. The van der Waals surface area contributed by atoms with E-state index in [-0.39, 0.29) is 0 Å². The maximum Gasteiger partial charge on any atom is 0.162 e. The molecule has 1 aliphatic rings. The molecule has 1 aliphatic heterocycles. The minimum absolute atomic E-state index is 0.691. The van der Waals surface area contributed by atoms with Gasteiger partial charge in [-0.2, -0.15) is 0 Å². The van der Waals surface area contributed by atoms with E-state index in [0.717, 1.165) is 42.3 Å². The van der Waals surface area contributed by atoms with E-state index in [9.17, 15) is 0 Å². The standard InChI is InChI=1S/C19H29N5O2S/c1-23(2)27-22-8-5-14-6-9-24(10-7-14)19-15-11-17(25-3)18(26-4)12-16(15)20-13-21-19/h11-14,22H,5-10H2,1-4H3. The number of aromatic nitrogens is 2. The van der Waals surface area contributed by atoms with E-state index in [0.29, 0.717) is 11.5 Å². The number of benzene rings is 1. The van der Waals surface area contributed by atoms with Crippen molar-refractivity contribution in [3.63, 3.8) is 0 Å². The summed E-state index contributed by atoms with van der Waals surface area (Å²) < 4.78 is 16.3. The van der Waals surface area contributed by atoms with Crippen molar-refractivity contribution in [2.24, 2.45) is 5.92 Å². The molecule has 0 atom stereocenters. The number of anilines is 1. The van der Waals surface area contributed by atoms with Crippen LogP contribution in [0.25, 0.3) is 10.9 Å². The van der Waals surface area contributed by atoms with Crippen molar-refractivity contribution in [3.8, 4) is 11.5 Å². The Morgan fingerprint density at radius 1 is 1.15 bits per heavy atom. The summed E-state index contributed by atoms with van der Waals surface area (Å²) in [6, 6.07) is 3.90. The first kappa shape index (κ1) is 20.0. The summed E-state index contributed by atoms with van der Waals surface area (Å²) in [4.78, 5) is 11.4. The summed E-state index contributed by atoms with van der Waals surface area (Å²) in [5.41, 5.74) is 0.879. The number of hydrogen-bond acceptors (Lipinski definition) is 8. The fourth-order valence-electron chi connectivity index (χ4n) is 3.49. The van der Waals surface area contributed by atoms with Crippen LogP contribution in [0.5, 0.6) is 11.5 Å². The van der Waals surface area contributed by atoms with E-state index in [1.54, 1.807) is 32.7 Å². The van der Waals surface area contributed by atoms with E-state index < -0.39 is 0 Å². The molecule has 27 heavy (non-hydrogen) atoms. The van der Waals surface area contributed by atoms with Crippen molar-refractivity contribution < 1.29 is 9.47 Å². The highest BCUT2D eigenvalue weighted by Crippen LogP contribution is 2.35. The van der Waals surface area contributed by atoms with Gasteiger partial charge in [-0.15, -0.1) is 0 Å². The number of methoxy groups -OCH3 is 2. The van der Waals surface area contributed by atoms with Crippen LogP contribution in [0.2, 0.25) is 0 Å². The number of piperidine rings is 1. The van der Waals surface area contributed by atoms with E-state index in [2.05, 4.69) is 23.9 Å². The second-order valence-electron chi connectivity index (χ2n) is 6.94. The lowest BCUT2D eigenvalue weighted by molar-refractivity contribution is 0.355. The Morgan fingerprint density at radius 3 is 2.52 bits per heavy atom. The topological polar surface area (TPSA) is 62.8 Å². The molecule has 1 saturated heterocycles. The SMILES string of the molecule is COc1cc2ncnc(N3CCC(CCNSN(C)C)CC3)c2cc1OC. The maximum absolute atomic E-state index is 5.46. The molecule has 8 heteroatoms. The molecule has 148 valence electrons. The van der Waals surface area contributed by atoms with Crippen molar-refractivity contribution in [1.82, 2.24) is 19.0 Å². The monoisotopic (exact) mass is 391 g/mol. The molecule has 0 amide bonds. The van der Waals surface area contributed by atoms with Crippen molar-refractivity contribution in [2.45, 2.75) is 19.3 Å². The first-order chi connectivity index (χ1) is 13.1. The zero-order valence-corrected chi connectivity index (χ0v) is 17.4. The Hall–Kier alpha value is -1.77. The third-order valence-corrected chi connectivity index (χ3v) is 5.63. The first-order valence-electron chi connectivity index (χ1n) is 9.31. The smallest absolute Gasteiger partial charge is 0.162 e. The summed E-state index contributed by atoms with van der Waals surface area (Å²) in [7, 11) is 7.39. The van der Waals surface area contributed by atoms with Gasteiger partial charge in [-0.1, -0.05) is 0 Å². The van der Waals surface area contributed by atoms with E-state index in [1.807, 2.05) is 26.2 Å². The molecule has 2 heterocycles. The molecule has 0 bridgehead atoms. The summed E-state index contributed by atoms with van der Waals surface area (Å²) in [5, 5.41) is 1.01. The Labute approximate surface area is 165 Å². The van der Waals surface area contributed by atoms with Gasteiger partial charge >= 0.3 is 0 Å². The van der Waals surface area contributed by atoms with Gasteiger partial charge in [0, 0.05) is 43.2 Å². The van der Waals surface area contributed by atoms with Crippen LogP contribution in [0.3, 0.4) is 0 Å². The van der Waals surface area contributed by atoms with E-state index in [4.69, 9.17) is 9.47 Å². The van der Waals surface area contributed by atoms with Gasteiger partial charge in [0.2, 0.25) is 0 Å². The fraction of sp³-hybridized carbons (Fsp3) is 0.579. The minimum Gasteiger partial charge on any atom is -0.493 e. The quantitative estimate of drug-likeness (QED) is 0.544. The van der Waals surface area contributed by atoms with Gasteiger partial charge in [0.05, 0.1) is 19.7 Å². The number of nitrogens with zero attached hydrogens (tertiary/aromatic N) is 4. The number of rotatable bonds is 8. The van der Waals surface area contributed by atoms with Gasteiger partial charge in [-0.25, -0.2) is 14.3 Å². The second kappa shape index (κ2) is 9.43. The molecule has 2 aromatic rings. The second-order valence-corrected chi connectivity index (χ2v) is 8.14. The normalized spacial score (nSPS) is 15.5. The third kappa shape index (κ3) is 4.94. The average molecular weight is 392 g/mol. The lowest BCUT2D eigenvalue weighted by Gasteiger charge is -2.33. The molecule has 1 N–H and O–H groups in total. The van der Waals surface area contributed by atoms with E-state index in [1.165, 1.54) is 19.3 Å². The maximum atomic E-state index is 5.46. The van der Waals surface area contributed by atoms with Crippen LogP contribution >= 0.6 is 12.1 Å². The Morgan fingerprint density at radius 2 is 1.85 bits per heavy atom. The van der Waals surface area contributed by atoms with Crippen LogP contribution in [0.1, 0.15) is 19.3 Å². The number of ether oxygens (including phenoxy) is 2. The van der Waals surface area contributed by atoms with Crippen LogP contribution in [-0.2, 0) is 0 Å². The highest BCUT2D eigenvalue weighted by atomic mass is 32.2. The van der Waals surface area contributed by atoms with Crippen LogP contribution in [0.15, 0.2) is 18.5 Å². The molecule has 3 rings (SSSR count). The molecule has 1 aromatic carbocycles. The average Bonchev–Trinajstić information content (AvgIpc) is 2.70.